The van der Waals surface area contributed by atoms with Crippen LogP contribution in [-0.4, -0.2) is 49.5 Å². The van der Waals surface area contributed by atoms with Gasteiger partial charge in [-0.05, 0) is 0 Å². The van der Waals surface area contributed by atoms with Crippen molar-refractivity contribution in [3.63, 3.8) is 0 Å². The largest absolute Gasteiger partial charge is 0.336 e. The number of nitrogens with zero attached hydrogens (tertiary/aromatic N) is 1. The summed E-state index contributed by atoms with van der Waals surface area (Å²) in [5.41, 5.74) is 2.18. The Labute approximate surface area is 80.3 Å². The van der Waals surface area contributed by atoms with Crippen LogP contribution in [0.25, 0.3) is 0 Å². The van der Waals surface area contributed by atoms with Crippen LogP contribution in [0.5, 0.6) is 0 Å². The van der Waals surface area contributed by atoms with E-state index >= 15 is 0 Å². The van der Waals surface area contributed by atoms with E-state index in [0.717, 1.165) is 5.01 Å². The monoisotopic (exact) mass is 219 g/mol. The highest BCUT2D eigenvalue weighted by Crippen LogP contribution is 2.21. The number of fused-ring (bicyclic) bond motifs is 1. The molecule has 0 bridgehead atoms. The molecule has 0 aromatic heterocycles. The number of urea groups is 1. The molecule has 14 heavy (non-hydrogen) atoms. The van der Waals surface area contributed by atoms with E-state index in [9.17, 15) is 18.0 Å². The van der Waals surface area contributed by atoms with E-state index in [4.69, 9.17) is 0 Å². The van der Waals surface area contributed by atoms with E-state index < -0.39 is 28.0 Å². The van der Waals surface area contributed by atoms with Gasteiger partial charge in [0.25, 0.3) is 0 Å². The first-order valence-electron chi connectivity index (χ1n) is 4.03. The number of sulfone groups is 1. The first kappa shape index (κ1) is 9.25. The zero-order valence-corrected chi connectivity index (χ0v) is 7.95. The fourth-order valence-electron chi connectivity index (χ4n) is 1.81. The summed E-state index contributed by atoms with van der Waals surface area (Å²) in [6.45, 7) is 0. The Kier molecular flexibility index (Phi) is 1.88. The lowest BCUT2D eigenvalue weighted by Gasteiger charge is -2.18. The number of nitrogens with one attached hydrogen (secondary N) is 2. The number of amides is 3. The van der Waals surface area contributed by atoms with Crippen molar-refractivity contribution in [1.29, 1.82) is 0 Å². The van der Waals surface area contributed by atoms with Gasteiger partial charge in [-0.1, -0.05) is 0 Å². The molecule has 0 unspecified atom stereocenters. The van der Waals surface area contributed by atoms with E-state index in [0.29, 0.717) is 6.41 Å². The molecule has 0 aromatic carbocycles. The van der Waals surface area contributed by atoms with Gasteiger partial charge in [0.15, 0.2) is 9.84 Å². The van der Waals surface area contributed by atoms with Crippen LogP contribution in [0.4, 0.5) is 4.79 Å². The van der Waals surface area contributed by atoms with Gasteiger partial charge in [-0.3, -0.25) is 10.2 Å². The average molecular weight is 219 g/mol. The molecule has 2 aliphatic heterocycles. The molecule has 0 saturated carbocycles. The zero-order chi connectivity index (χ0) is 10.3. The number of carbonyl (C=O) groups excluding carboxylic acids is 2. The van der Waals surface area contributed by atoms with Gasteiger partial charge in [-0.2, -0.15) is 0 Å². The Morgan fingerprint density at radius 3 is 2.86 bits per heavy atom. The highest BCUT2D eigenvalue weighted by atomic mass is 32.2. The van der Waals surface area contributed by atoms with Crippen LogP contribution in [0.15, 0.2) is 0 Å². The van der Waals surface area contributed by atoms with Crippen molar-refractivity contribution in [3.8, 4) is 0 Å². The van der Waals surface area contributed by atoms with Gasteiger partial charge in [-0.15, -0.1) is 0 Å². The van der Waals surface area contributed by atoms with E-state index in [1.54, 1.807) is 0 Å². The van der Waals surface area contributed by atoms with Gasteiger partial charge in [0.2, 0.25) is 6.41 Å². The van der Waals surface area contributed by atoms with Crippen LogP contribution >= 0.6 is 0 Å². The fourth-order valence-corrected chi connectivity index (χ4v) is 3.70. The lowest BCUT2D eigenvalue weighted by atomic mass is 10.2. The topological polar surface area (TPSA) is 95.6 Å². The summed E-state index contributed by atoms with van der Waals surface area (Å²) in [5, 5.41) is 3.52. The molecule has 2 fully saturated rings. The fraction of sp³-hybridized carbons (Fsp3) is 0.667. The zero-order valence-electron chi connectivity index (χ0n) is 7.13. The summed E-state index contributed by atoms with van der Waals surface area (Å²) >= 11 is 0. The number of rotatable bonds is 2. The summed E-state index contributed by atoms with van der Waals surface area (Å²) in [6, 6.07) is -1.33. The number of hydrazine groups is 1. The Morgan fingerprint density at radius 1 is 1.50 bits per heavy atom. The van der Waals surface area contributed by atoms with Crippen molar-refractivity contribution < 1.29 is 18.0 Å². The first-order valence-corrected chi connectivity index (χ1v) is 5.85. The number of hydrogen-bond donors (Lipinski definition) is 2. The van der Waals surface area contributed by atoms with E-state index in [1.165, 1.54) is 0 Å². The predicted octanol–water partition coefficient (Wildman–Crippen LogP) is -2.16. The van der Waals surface area contributed by atoms with Gasteiger partial charge < -0.3 is 5.32 Å². The Balaban J connectivity index is 2.21. The van der Waals surface area contributed by atoms with Crippen molar-refractivity contribution in [3.05, 3.63) is 0 Å². The third-order valence-electron chi connectivity index (χ3n) is 2.37. The van der Waals surface area contributed by atoms with Gasteiger partial charge in [0.1, 0.15) is 0 Å². The number of hydrogen-bond acceptors (Lipinski definition) is 4. The molecule has 0 radical (unpaired) electrons. The summed E-state index contributed by atoms with van der Waals surface area (Å²) in [6.07, 6.45) is 0.354. The lowest BCUT2D eigenvalue weighted by Crippen LogP contribution is -2.46. The van der Waals surface area contributed by atoms with Crippen molar-refractivity contribution in [1.82, 2.24) is 15.8 Å². The first-order chi connectivity index (χ1) is 6.53. The molecule has 2 atom stereocenters. The van der Waals surface area contributed by atoms with Crippen LogP contribution in [0, 0.1) is 0 Å². The maximum atomic E-state index is 11.2. The molecule has 3 amide bonds. The third-order valence-corrected chi connectivity index (χ3v) is 4.09. The maximum Gasteiger partial charge on any atom is 0.336 e. The van der Waals surface area contributed by atoms with E-state index in [-0.39, 0.29) is 11.5 Å². The van der Waals surface area contributed by atoms with Crippen molar-refractivity contribution >= 4 is 22.3 Å². The molecule has 0 aliphatic carbocycles. The van der Waals surface area contributed by atoms with Crippen LogP contribution in [-0.2, 0) is 14.6 Å². The van der Waals surface area contributed by atoms with Crippen LogP contribution < -0.4 is 10.7 Å². The lowest BCUT2D eigenvalue weighted by molar-refractivity contribution is -0.113. The summed E-state index contributed by atoms with van der Waals surface area (Å²) in [7, 11) is -3.09. The molecule has 7 nitrogen and oxygen atoms in total. The molecule has 78 valence electrons. The average Bonchev–Trinajstić information content (AvgIpc) is 2.47. The molecule has 2 rings (SSSR count). The molecule has 2 aliphatic rings. The van der Waals surface area contributed by atoms with E-state index in [2.05, 4.69) is 10.7 Å². The maximum absolute atomic E-state index is 11.2. The van der Waals surface area contributed by atoms with E-state index in [1.807, 2.05) is 0 Å². The Morgan fingerprint density at radius 2 is 2.21 bits per heavy atom. The standard InChI is InChI=1S/C6H9N3O4S/c10-3-7-9-5-2-14(12,13)1-4(5)8-6(9)11/h3-5H,1-2H2,(H,7,10)(H,8,11)/t4-,5+/m0/s1. The van der Waals surface area contributed by atoms with Crippen LogP contribution in [0.3, 0.4) is 0 Å². The molecular formula is C6H9N3O4S. The third kappa shape index (κ3) is 1.31. The molecule has 0 spiro atoms. The van der Waals surface area contributed by atoms with Gasteiger partial charge in [-0.25, -0.2) is 18.2 Å². The predicted molar refractivity (Wildman–Crippen MR) is 45.8 cm³/mol. The molecule has 2 saturated heterocycles. The second kappa shape index (κ2) is 2.84. The molecule has 2 heterocycles. The van der Waals surface area contributed by atoms with Crippen molar-refractivity contribution in [2.24, 2.45) is 0 Å². The SMILES string of the molecule is O=CNN1C(=O)N[C@H]2CS(=O)(=O)C[C@H]21. The molecule has 8 heteroatoms. The molecule has 0 aromatic rings. The second-order valence-corrected chi connectivity index (χ2v) is 5.47. The van der Waals surface area contributed by atoms with Crippen molar-refractivity contribution in [2.75, 3.05) is 11.5 Å². The quantitative estimate of drug-likeness (QED) is 0.408. The van der Waals surface area contributed by atoms with Crippen molar-refractivity contribution in [2.45, 2.75) is 12.1 Å². The Hall–Kier alpha value is -1.31. The minimum Gasteiger partial charge on any atom is -0.331 e. The van der Waals surface area contributed by atoms with Crippen LogP contribution in [0.1, 0.15) is 0 Å². The Bertz CT molecular complexity index is 379. The summed E-state index contributed by atoms with van der Waals surface area (Å²) < 4.78 is 22.4. The van der Waals surface area contributed by atoms with Gasteiger partial charge >= 0.3 is 6.03 Å². The highest BCUT2D eigenvalue weighted by Gasteiger charge is 2.49. The van der Waals surface area contributed by atoms with Crippen LogP contribution in [0.2, 0.25) is 0 Å². The molecule has 2 N–H and O–H groups in total. The minimum absolute atomic E-state index is 0.0551. The number of carbonyl (C=O) groups is 2. The normalized spacial score (nSPS) is 33.7. The highest BCUT2D eigenvalue weighted by molar-refractivity contribution is 7.91. The van der Waals surface area contributed by atoms with Gasteiger partial charge in [0.05, 0.1) is 23.6 Å². The molecular weight excluding hydrogens is 210 g/mol. The smallest absolute Gasteiger partial charge is 0.331 e. The minimum atomic E-state index is -3.09. The van der Waals surface area contributed by atoms with Gasteiger partial charge in [0, 0.05) is 0 Å². The summed E-state index contributed by atoms with van der Waals surface area (Å²) in [4.78, 5) is 21.4. The summed E-state index contributed by atoms with van der Waals surface area (Å²) in [5.74, 6) is -0.155. The second-order valence-electron chi connectivity index (χ2n) is 3.32.